The van der Waals surface area contributed by atoms with Crippen molar-refractivity contribution in [3.8, 4) is 6.01 Å². The topological polar surface area (TPSA) is 58.6 Å². The van der Waals surface area contributed by atoms with Crippen LogP contribution in [0.1, 0.15) is 25.3 Å². The summed E-state index contributed by atoms with van der Waals surface area (Å²) >= 11 is 0. The number of hydrogen-bond donors (Lipinski definition) is 0. The Hall–Kier alpha value is -2.47. The molecule has 4 rings (SSSR count). The van der Waals surface area contributed by atoms with E-state index in [-0.39, 0.29) is 18.1 Å². The van der Waals surface area contributed by atoms with Crippen molar-refractivity contribution in [1.29, 1.82) is 0 Å². The van der Waals surface area contributed by atoms with Crippen LogP contribution >= 0.6 is 0 Å². The summed E-state index contributed by atoms with van der Waals surface area (Å²) in [4.78, 5) is 25.3. The van der Waals surface area contributed by atoms with Gasteiger partial charge in [-0.3, -0.25) is 9.69 Å². The molecule has 1 fully saturated rings. The summed E-state index contributed by atoms with van der Waals surface area (Å²) in [6, 6.07) is 10.7. The van der Waals surface area contributed by atoms with Gasteiger partial charge in [-0.15, -0.1) is 0 Å². The fourth-order valence-electron chi connectivity index (χ4n) is 3.89. The van der Waals surface area contributed by atoms with Gasteiger partial charge in [-0.25, -0.2) is 9.97 Å². The van der Waals surface area contributed by atoms with Crippen molar-refractivity contribution in [2.75, 3.05) is 24.5 Å². The van der Waals surface area contributed by atoms with E-state index < -0.39 is 0 Å². The molecular formula is C20H24N4O2. The molecule has 136 valence electrons. The van der Waals surface area contributed by atoms with Crippen molar-refractivity contribution in [3.63, 3.8) is 0 Å². The van der Waals surface area contributed by atoms with Crippen LogP contribution in [0.5, 0.6) is 6.01 Å². The smallest absolute Gasteiger partial charge is 0.316 e. The summed E-state index contributed by atoms with van der Waals surface area (Å²) in [5, 5.41) is 0. The Labute approximate surface area is 153 Å². The molecule has 1 amide bonds. The number of likely N-dealkylation sites (tertiary alicyclic amines) is 1. The first-order chi connectivity index (χ1) is 12.7. The molecule has 2 aliphatic rings. The van der Waals surface area contributed by atoms with Gasteiger partial charge < -0.3 is 9.64 Å². The summed E-state index contributed by atoms with van der Waals surface area (Å²) in [6.45, 7) is 4.30. The van der Waals surface area contributed by atoms with Crippen LogP contribution in [0.2, 0.25) is 0 Å². The van der Waals surface area contributed by atoms with E-state index in [0.717, 1.165) is 38.0 Å². The molecule has 1 unspecified atom stereocenters. The molecule has 0 spiro atoms. The number of fused-ring (bicyclic) bond motifs is 1. The van der Waals surface area contributed by atoms with Crippen molar-refractivity contribution in [3.05, 3.63) is 48.3 Å². The van der Waals surface area contributed by atoms with Crippen molar-refractivity contribution in [2.24, 2.45) is 0 Å². The zero-order valence-electron chi connectivity index (χ0n) is 15.0. The van der Waals surface area contributed by atoms with Crippen molar-refractivity contribution in [2.45, 2.75) is 38.3 Å². The van der Waals surface area contributed by atoms with Gasteiger partial charge in [0.1, 0.15) is 6.10 Å². The average molecular weight is 352 g/mol. The lowest BCUT2D eigenvalue weighted by Crippen LogP contribution is -2.46. The maximum absolute atomic E-state index is 12.9. The lowest BCUT2D eigenvalue weighted by atomic mass is 10.1. The maximum Gasteiger partial charge on any atom is 0.316 e. The highest BCUT2D eigenvalue weighted by atomic mass is 16.5. The highest BCUT2D eigenvalue weighted by Gasteiger charge is 2.32. The third-order valence-electron chi connectivity index (χ3n) is 5.18. The molecule has 1 aromatic heterocycles. The van der Waals surface area contributed by atoms with E-state index in [1.54, 1.807) is 18.5 Å². The van der Waals surface area contributed by atoms with Gasteiger partial charge in [-0.1, -0.05) is 18.2 Å². The third-order valence-corrected chi connectivity index (χ3v) is 5.18. The summed E-state index contributed by atoms with van der Waals surface area (Å²) < 4.78 is 5.83. The average Bonchev–Trinajstić information content (AvgIpc) is 3.00. The normalized spacial score (nSPS) is 20.8. The number of rotatable bonds is 4. The van der Waals surface area contributed by atoms with Gasteiger partial charge in [0, 0.05) is 37.2 Å². The summed E-state index contributed by atoms with van der Waals surface area (Å²) in [5.74, 6) is 0.188. The fraction of sp³-hybridized carbons (Fsp3) is 0.450. The molecule has 6 heteroatoms. The van der Waals surface area contributed by atoms with Crippen LogP contribution < -0.4 is 9.64 Å². The van der Waals surface area contributed by atoms with Crippen LogP contribution in [0.4, 0.5) is 5.69 Å². The first-order valence-corrected chi connectivity index (χ1v) is 9.26. The number of benzene rings is 1. The SMILES string of the molecule is CC1Cc2ccccc2N1C(=O)CN1CCC(Oc2ncccn2)CC1. The minimum absolute atomic E-state index is 0.121. The molecule has 0 saturated carbocycles. The Morgan fingerprint density at radius 3 is 2.65 bits per heavy atom. The largest absolute Gasteiger partial charge is 0.460 e. The van der Waals surface area contributed by atoms with Gasteiger partial charge in [-0.2, -0.15) is 0 Å². The maximum atomic E-state index is 12.9. The van der Waals surface area contributed by atoms with Crippen LogP contribution in [0.15, 0.2) is 42.7 Å². The second kappa shape index (κ2) is 7.41. The van der Waals surface area contributed by atoms with E-state index in [2.05, 4.69) is 33.9 Å². The predicted molar refractivity (Wildman–Crippen MR) is 99.2 cm³/mol. The molecule has 6 nitrogen and oxygen atoms in total. The van der Waals surface area contributed by atoms with E-state index in [1.165, 1.54) is 5.56 Å². The number of para-hydroxylation sites is 1. The molecule has 2 aromatic rings. The minimum Gasteiger partial charge on any atom is -0.460 e. The van der Waals surface area contributed by atoms with E-state index in [1.807, 2.05) is 17.0 Å². The molecule has 1 aromatic carbocycles. The molecular weight excluding hydrogens is 328 g/mol. The molecule has 3 heterocycles. The van der Waals surface area contributed by atoms with Gasteiger partial charge in [0.15, 0.2) is 0 Å². The number of hydrogen-bond acceptors (Lipinski definition) is 5. The number of ether oxygens (including phenoxy) is 1. The number of aromatic nitrogens is 2. The lowest BCUT2D eigenvalue weighted by molar-refractivity contribution is -0.120. The second-order valence-corrected chi connectivity index (χ2v) is 7.07. The van der Waals surface area contributed by atoms with Crippen molar-refractivity contribution >= 4 is 11.6 Å². The van der Waals surface area contributed by atoms with Gasteiger partial charge in [0.2, 0.25) is 5.91 Å². The number of carbonyl (C=O) groups excluding carboxylic acids is 1. The lowest BCUT2D eigenvalue weighted by Gasteiger charge is -2.33. The Kier molecular flexibility index (Phi) is 4.84. The summed E-state index contributed by atoms with van der Waals surface area (Å²) in [7, 11) is 0. The zero-order chi connectivity index (χ0) is 17.9. The Morgan fingerprint density at radius 2 is 1.88 bits per heavy atom. The highest BCUT2D eigenvalue weighted by Crippen LogP contribution is 2.32. The van der Waals surface area contributed by atoms with Gasteiger partial charge in [-0.05, 0) is 43.9 Å². The van der Waals surface area contributed by atoms with Gasteiger partial charge in [0.25, 0.3) is 0 Å². The first kappa shape index (κ1) is 17.0. The van der Waals surface area contributed by atoms with Gasteiger partial charge in [0.05, 0.1) is 6.54 Å². The highest BCUT2D eigenvalue weighted by molar-refractivity contribution is 5.97. The number of anilines is 1. The van der Waals surface area contributed by atoms with Gasteiger partial charge >= 0.3 is 6.01 Å². The second-order valence-electron chi connectivity index (χ2n) is 7.07. The number of piperidine rings is 1. The molecule has 0 aliphatic carbocycles. The quantitative estimate of drug-likeness (QED) is 0.845. The Morgan fingerprint density at radius 1 is 1.15 bits per heavy atom. The number of nitrogens with zero attached hydrogens (tertiary/aromatic N) is 4. The van der Waals surface area contributed by atoms with Crippen LogP contribution in [0.25, 0.3) is 0 Å². The standard InChI is InChI=1S/C20H24N4O2/c1-15-13-16-5-2-3-6-18(16)24(15)19(25)14-23-11-7-17(8-12-23)26-20-21-9-4-10-22-20/h2-6,9-10,15,17H,7-8,11-14H2,1H3. The molecule has 2 aliphatic heterocycles. The molecule has 26 heavy (non-hydrogen) atoms. The van der Waals surface area contributed by atoms with E-state index in [4.69, 9.17) is 4.74 Å². The van der Waals surface area contributed by atoms with E-state index >= 15 is 0 Å². The fourth-order valence-corrected chi connectivity index (χ4v) is 3.89. The number of amides is 1. The molecule has 0 radical (unpaired) electrons. The first-order valence-electron chi connectivity index (χ1n) is 9.26. The molecule has 0 bridgehead atoms. The van der Waals surface area contributed by atoms with Crippen LogP contribution in [0, 0.1) is 0 Å². The molecule has 0 N–H and O–H groups in total. The van der Waals surface area contributed by atoms with E-state index in [0.29, 0.717) is 12.6 Å². The van der Waals surface area contributed by atoms with Crippen LogP contribution in [-0.2, 0) is 11.2 Å². The predicted octanol–water partition coefficient (Wildman–Crippen LogP) is 2.30. The Bertz CT molecular complexity index is 759. The molecule has 1 saturated heterocycles. The third kappa shape index (κ3) is 3.55. The van der Waals surface area contributed by atoms with Crippen LogP contribution in [-0.4, -0.2) is 52.6 Å². The van der Waals surface area contributed by atoms with Crippen LogP contribution in [0.3, 0.4) is 0 Å². The summed E-state index contributed by atoms with van der Waals surface area (Å²) in [5.41, 5.74) is 2.34. The Balaban J connectivity index is 1.31. The summed E-state index contributed by atoms with van der Waals surface area (Å²) in [6.07, 6.45) is 6.20. The molecule has 1 atom stereocenters. The minimum atomic E-state index is 0.121. The monoisotopic (exact) mass is 352 g/mol. The van der Waals surface area contributed by atoms with Crippen molar-refractivity contribution < 1.29 is 9.53 Å². The zero-order valence-corrected chi connectivity index (χ0v) is 15.0. The van der Waals surface area contributed by atoms with Crippen molar-refractivity contribution in [1.82, 2.24) is 14.9 Å². The van der Waals surface area contributed by atoms with E-state index in [9.17, 15) is 4.79 Å². The number of carbonyl (C=O) groups is 1.